The van der Waals surface area contributed by atoms with E-state index in [-0.39, 0.29) is 16.3 Å². The Morgan fingerprint density at radius 3 is 2.53 bits per heavy atom. The van der Waals surface area contributed by atoms with E-state index in [4.69, 9.17) is 5.11 Å². The largest absolute Gasteiger partial charge is 0.478 e. The van der Waals surface area contributed by atoms with Gasteiger partial charge in [-0.3, -0.25) is 5.10 Å². The zero-order valence-electron chi connectivity index (χ0n) is 9.30. The van der Waals surface area contributed by atoms with E-state index in [1.165, 1.54) is 11.2 Å². The molecule has 7 nitrogen and oxygen atoms in total. The SMILES string of the molecule is Cc1[nH]nc(S(=O)(=O)N2CCCC2)c1C(=O)O. The zero-order chi connectivity index (χ0) is 12.6. The molecule has 8 heteroatoms. The minimum Gasteiger partial charge on any atom is -0.478 e. The Balaban J connectivity index is 2.50. The second-order valence-electron chi connectivity index (χ2n) is 3.95. The van der Waals surface area contributed by atoms with E-state index in [1.807, 2.05) is 0 Å². The maximum Gasteiger partial charge on any atom is 0.340 e. The van der Waals surface area contributed by atoms with Gasteiger partial charge in [-0.05, 0) is 19.8 Å². The highest BCUT2D eigenvalue weighted by Gasteiger charge is 2.34. The molecule has 1 aliphatic heterocycles. The Kier molecular flexibility index (Phi) is 2.92. The third kappa shape index (κ3) is 1.93. The van der Waals surface area contributed by atoms with Gasteiger partial charge in [-0.1, -0.05) is 0 Å². The number of aromatic carboxylic acids is 1. The van der Waals surface area contributed by atoms with E-state index < -0.39 is 16.0 Å². The molecule has 2 rings (SSSR count). The third-order valence-corrected chi connectivity index (χ3v) is 4.61. The molecule has 0 bridgehead atoms. The summed E-state index contributed by atoms with van der Waals surface area (Å²) in [6.45, 7) is 2.33. The van der Waals surface area contributed by atoms with E-state index in [0.29, 0.717) is 13.1 Å². The Morgan fingerprint density at radius 1 is 1.41 bits per heavy atom. The molecule has 1 aromatic heterocycles. The minimum atomic E-state index is -3.78. The molecule has 0 radical (unpaired) electrons. The van der Waals surface area contributed by atoms with Crippen molar-refractivity contribution in [3.8, 4) is 0 Å². The van der Waals surface area contributed by atoms with Crippen molar-refractivity contribution in [3.63, 3.8) is 0 Å². The van der Waals surface area contributed by atoms with Crippen LogP contribution in [0.15, 0.2) is 5.03 Å². The Morgan fingerprint density at radius 2 is 2.00 bits per heavy atom. The van der Waals surface area contributed by atoms with Gasteiger partial charge in [0.2, 0.25) is 5.03 Å². The number of hydrogen-bond donors (Lipinski definition) is 2. The van der Waals surface area contributed by atoms with Crippen molar-refractivity contribution >= 4 is 16.0 Å². The van der Waals surface area contributed by atoms with Gasteiger partial charge in [-0.15, -0.1) is 0 Å². The molecule has 2 N–H and O–H groups in total. The highest BCUT2D eigenvalue weighted by molar-refractivity contribution is 7.89. The first-order valence-corrected chi connectivity index (χ1v) is 6.67. The number of hydrogen-bond acceptors (Lipinski definition) is 4. The molecular weight excluding hydrogens is 246 g/mol. The van der Waals surface area contributed by atoms with Gasteiger partial charge in [0.15, 0.2) is 0 Å². The smallest absolute Gasteiger partial charge is 0.340 e. The van der Waals surface area contributed by atoms with Gasteiger partial charge in [0.25, 0.3) is 10.0 Å². The van der Waals surface area contributed by atoms with Crippen molar-refractivity contribution in [2.24, 2.45) is 0 Å². The lowest BCUT2D eigenvalue weighted by molar-refractivity contribution is 0.0691. The van der Waals surface area contributed by atoms with Crippen molar-refractivity contribution in [1.29, 1.82) is 0 Å². The molecule has 0 aromatic carbocycles. The van der Waals surface area contributed by atoms with E-state index >= 15 is 0 Å². The fraction of sp³-hybridized carbons (Fsp3) is 0.556. The summed E-state index contributed by atoms with van der Waals surface area (Å²) in [7, 11) is -3.78. The summed E-state index contributed by atoms with van der Waals surface area (Å²) in [5.74, 6) is -1.28. The van der Waals surface area contributed by atoms with Crippen LogP contribution in [0.4, 0.5) is 0 Å². The lowest BCUT2D eigenvalue weighted by Gasteiger charge is -2.13. The maximum atomic E-state index is 12.2. The number of nitrogens with one attached hydrogen (secondary N) is 1. The van der Waals surface area contributed by atoms with Gasteiger partial charge in [0.1, 0.15) is 5.56 Å². The summed E-state index contributed by atoms with van der Waals surface area (Å²) in [5.41, 5.74) is -0.0211. The Hall–Kier alpha value is -1.41. The van der Waals surface area contributed by atoms with Crippen molar-refractivity contribution in [2.75, 3.05) is 13.1 Å². The molecular formula is C9H13N3O4S. The van der Waals surface area contributed by atoms with E-state index in [2.05, 4.69) is 10.2 Å². The van der Waals surface area contributed by atoms with E-state index in [0.717, 1.165) is 12.8 Å². The fourth-order valence-electron chi connectivity index (χ4n) is 1.90. The molecule has 0 spiro atoms. The first-order valence-electron chi connectivity index (χ1n) is 5.23. The molecule has 17 heavy (non-hydrogen) atoms. The van der Waals surface area contributed by atoms with Crippen molar-refractivity contribution < 1.29 is 18.3 Å². The first kappa shape index (κ1) is 12.1. The number of carbonyl (C=O) groups is 1. The number of nitrogens with zero attached hydrogens (tertiary/aromatic N) is 2. The molecule has 1 saturated heterocycles. The summed E-state index contributed by atoms with van der Waals surface area (Å²) in [6.07, 6.45) is 1.59. The molecule has 0 aliphatic carbocycles. The number of carboxylic acid groups (broad SMARTS) is 1. The van der Waals surface area contributed by atoms with Crippen LogP contribution in [-0.4, -0.2) is 47.1 Å². The Labute approximate surface area is 98.5 Å². The molecule has 1 aliphatic rings. The van der Waals surface area contributed by atoms with Gasteiger partial charge in [0.05, 0.1) is 0 Å². The molecule has 94 valence electrons. The zero-order valence-corrected chi connectivity index (χ0v) is 10.1. The van der Waals surface area contributed by atoms with Crippen LogP contribution in [0.3, 0.4) is 0 Å². The van der Waals surface area contributed by atoms with Crippen LogP contribution in [0.5, 0.6) is 0 Å². The summed E-state index contributed by atoms with van der Waals surface area (Å²) in [5, 5.41) is 14.6. The second-order valence-corrected chi connectivity index (χ2v) is 5.80. The second kappa shape index (κ2) is 4.11. The van der Waals surface area contributed by atoms with E-state index in [1.54, 1.807) is 0 Å². The molecule has 0 amide bonds. The van der Waals surface area contributed by atoms with Gasteiger partial charge >= 0.3 is 5.97 Å². The summed E-state index contributed by atoms with van der Waals surface area (Å²) in [6, 6.07) is 0. The third-order valence-electron chi connectivity index (χ3n) is 2.78. The maximum absolute atomic E-state index is 12.2. The number of carboxylic acids is 1. The molecule has 0 saturated carbocycles. The van der Waals surface area contributed by atoms with Gasteiger partial charge in [-0.25, -0.2) is 13.2 Å². The molecule has 2 heterocycles. The number of H-pyrrole nitrogens is 1. The standard InChI is InChI=1S/C9H13N3O4S/c1-6-7(9(13)14)8(11-10-6)17(15,16)12-4-2-3-5-12/h2-5H2,1H3,(H,10,11)(H,13,14). The summed E-state index contributed by atoms with van der Waals surface area (Å²) >= 11 is 0. The number of rotatable bonds is 3. The quantitative estimate of drug-likeness (QED) is 0.807. The van der Waals surface area contributed by atoms with Crippen LogP contribution in [0.1, 0.15) is 28.9 Å². The topological polar surface area (TPSA) is 103 Å². The van der Waals surface area contributed by atoms with E-state index in [9.17, 15) is 13.2 Å². The number of aryl methyl sites for hydroxylation is 1. The summed E-state index contributed by atoms with van der Waals surface area (Å²) in [4.78, 5) is 11.0. The minimum absolute atomic E-state index is 0.246. The first-order chi connectivity index (χ1) is 7.94. The van der Waals surface area contributed by atoms with Crippen molar-refractivity contribution in [2.45, 2.75) is 24.8 Å². The molecule has 0 unspecified atom stereocenters. The van der Waals surface area contributed by atoms with Gasteiger partial charge in [0, 0.05) is 18.8 Å². The van der Waals surface area contributed by atoms with Crippen molar-refractivity contribution in [1.82, 2.24) is 14.5 Å². The van der Waals surface area contributed by atoms with Crippen LogP contribution in [0.25, 0.3) is 0 Å². The monoisotopic (exact) mass is 259 g/mol. The van der Waals surface area contributed by atoms with Crippen LogP contribution in [0, 0.1) is 6.92 Å². The summed E-state index contributed by atoms with van der Waals surface area (Å²) < 4.78 is 25.6. The molecule has 1 aromatic rings. The van der Waals surface area contributed by atoms with Crippen LogP contribution in [0.2, 0.25) is 0 Å². The number of aromatic nitrogens is 2. The predicted molar refractivity (Wildman–Crippen MR) is 58.3 cm³/mol. The molecule has 1 fully saturated rings. The highest BCUT2D eigenvalue weighted by Crippen LogP contribution is 2.23. The lowest BCUT2D eigenvalue weighted by atomic mass is 10.3. The van der Waals surface area contributed by atoms with Crippen LogP contribution in [-0.2, 0) is 10.0 Å². The lowest BCUT2D eigenvalue weighted by Crippen LogP contribution is -2.29. The van der Waals surface area contributed by atoms with Crippen LogP contribution >= 0.6 is 0 Å². The van der Waals surface area contributed by atoms with Gasteiger partial charge < -0.3 is 5.11 Å². The Bertz CT molecular complexity index is 543. The average Bonchev–Trinajstić information content (AvgIpc) is 2.84. The van der Waals surface area contributed by atoms with Gasteiger partial charge in [-0.2, -0.15) is 9.40 Å². The van der Waals surface area contributed by atoms with Crippen molar-refractivity contribution in [3.05, 3.63) is 11.3 Å². The number of sulfonamides is 1. The number of aromatic amines is 1. The highest BCUT2D eigenvalue weighted by atomic mass is 32.2. The fourth-order valence-corrected chi connectivity index (χ4v) is 3.54. The molecule has 0 atom stereocenters. The predicted octanol–water partition coefficient (Wildman–Crippen LogP) is 0.201. The average molecular weight is 259 g/mol. The van der Waals surface area contributed by atoms with Crippen LogP contribution < -0.4 is 0 Å². The normalized spacial score (nSPS) is 17.5.